The number of nitrogens with one attached hydrogen (secondary N) is 2. The van der Waals surface area contributed by atoms with Crippen molar-refractivity contribution >= 4 is 17.3 Å². The van der Waals surface area contributed by atoms with Gasteiger partial charge in [-0.2, -0.15) is 0 Å². The van der Waals surface area contributed by atoms with E-state index in [4.69, 9.17) is 26.4 Å². The summed E-state index contributed by atoms with van der Waals surface area (Å²) < 4.78 is 15.7. The first-order valence-corrected chi connectivity index (χ1v) is 8.92. The molecule has 0 spiro atoms. The minimum Gasteiger partial charge on any atom is -0.497 e. The first-order valence-electron chi connectivity index (χ1n) is 8.51. The molecular formula is C20H26N2O3S. The van der Waals surface area contributed by atoms with Gasteiger partial charge in [-0.3, -0.25) is 0 Å². The van der Waals surface area contributed by atoms with Crippen LogP contribution < -0.4 is 24.8 Å². The van der Waals surface area contributed by atoms with Crippen LogP contribution in [0.4, 0.5) is 0 Å². The van der Waals surface area contributed by atoms with Crippen LogP contribution >= 0.6 is 12.2 Å². The molecule has 0 bridgehead atoms. The van der Waals surface area contributed by atoms with Gasteiger partial charge in [0.15, 0.2) is 16.6 Å². The van der Waals surface area contributed by atoms with E-state index in [9.17, 15) is 0 Å². The van der Waals surface area contributed by atoms with Crippen LogP contribution in [0.25, 0.3) is 0 Å². The van der Waals surface area contributed by atoms with Gasteiger partial charge in [-0.25, -0.2) is 0 Å². The Hall–Kier alpha value is -2.47. The molecule has 0 saturated heterocycles. The van der Waals surface area contributed by atoms with Crippen molar-refractivity contribution in [1.29, 1.82) is 0 Å². The Morgan fingerprint density at radius 1 is 0.769 bits per heavy atom. The minimum atomic E-state index is 0.666. The van der Waals surface area contributed by atoms with Crippen LogP contribution in [-0.4, -0.2) is 39.5 Å². The molecule has 2 N–H and O–H groups in total. The van der Waals surface area contributed by atoms with E-state index in [2.05, 4.69) is 22.8 Å². The molecule has 0 radical (unpaired) electrons. The molecule has 0 aliphatic rings. The number of hydrogen-bond acceptors (Lipinski definition) is 4. The largest absolute Gasteiger partial charge is 0.497 e. The summed E-state index contributed by atoms with van der Waals surface area (Å²) >= 11 is 5.33. The zero-order chi connectivity index (χ0) is 18.8. The topological polar surface area (TPSA) is 51.8 Å². The lowest BCUT2D eigenvalue weighted by Gasteiger charge is -2.12. The third-order valence-electron chi connectivity index (χ3n) is 4.01. The van der Waals surface area contributed by atoms with Crippen LogP contribution in [-0.2, 0) is 12.8 Å². The molecule has 0 aliphatic heterocycles. The standard InChI is InChI=1S/C20H26N2O3S/c1-23-17-7-4-15(5-8-17)10-12-21-20(26)22-13-11-16-6-9-18(24-2)19(14-16)25-3/h4-9,14H,10-13H2,1-3H3,(H2,21,22,26). The zero-order valence-corrected chi connectivity index (χ0v) is 16.3. The van der Waals surface area contributed by atoms with Crippen molar-refractivity contribution in [3.05, 3.63) is 53.6 Å². The average Bonchev–Trinajstić information content (AvgIpc) is 2.68. The van der Waals surface area contributed by atoms with Crippen molar-refractivity contribution in [3.8, 4) is 17.2 Å². The van der Waals surface area contributed by atoms with Gasteiger partial charge in [-0.1, -0.05) is 18.2 Å². The fourth-order valence-electron chi connectivity index (χ4n) is 2.53. The lowest BCUT2D eigenvalue weighted by atomic mass is 10.1. The highest BCUT2D eigenvalue weighted by Gasteiger charge is 2.04. The highest BCUT2D eigenvalue weighted by Crippen LogP contribution is 2.27. The molecular weight excluding hydrogens is 348 g/mol. The fourth-order valence-corrected chi connectivity index (χ4v) is 2.74. The van der Waals surface area contributed by atoms with Crippen molar-refractivity contribution in [2.75, 3.05) is 34.4 Å². The quantitative estimate of drug-likeness (QED) is 0.658. The van der Waals surface area contributed by atoms with Crippen molar-refractivity contribution < 1.29 is 14.2 Å². The second kappa shape index (κ2) is 10.5. The first-order chi connectivity index (χ1) is 12.7. The van der Waals surface area contributed by atoms with Crippen LogP contribution in [0.5, 0.6) is 17.2 Å². The Kier molecular flexibility index (Phi) is 8.02. The van der Waals surface area contributed by atoms with Gasteiger partial charge in [-0.15, -0.1) is 0 Å². The maximum atomic E-state index is 5.33. The van der Waals surface area contributed by atoms with Crippen molar-refractivity contribution in [2.24, 2.45) is 0 Å². The summed E-state index contributed by atoms with van der Waals surface area (Å²) in [6, 6.07) is 14.0. The summed E-state index contributed by atoms with van der Waals surface area (Å²) in [6.07, 6.45) is 1.75. The van der Waals surface area contributed by atoms with Crippen LogP contribution in [0.1, 0.15) is 11.1 Å². The molecule has 2 aromatic rings. The van der Waals surface area contributed by atoms with Gasteiger partial charge in [0.25, 0.3) is 0 Å². The summed E-state index contributed by atoms with van der Waals surface area (Å²) in [5.41, 5.74) is 2.41. The monoisotopic (exact) mass is 374 g/mol. The van der Waals surface area contributed by atoms with Gasteiger partial charge in [-0.05, 0) is 60.5 Å². The molecule has 2 aromatic carbocycles. The average molecular weight is 375 g/mol. The van der Waals surface area contributed by atoms with E-state index in [-0.39, 0.29) is 0 Å². The molecule has 6 heteroatoms. The lowest BCUT2D eigenvalue weighted by Crippen LogP contribution is -2.37. The molecule has 0 aromatic heterocycles. The Bertz CT molecular complexity index is 705. The van der Waals surface area contributed by atoms with Gasteiger partial charge in [0.05, 0.1) is 21.3 Å². The highest BCUT2D eigenvalue weighted by atomic mass is 32.1. The SMILES string of the molecule is COc1ccc(CCNC(=S)NCCc2ccc(OC)c(OC)c2)cc1. The molecule has 0 aliphatic carbocycles. The summed E-state index contributed by atoms with van der Waals surface area (Å²) in [5.74, 6) is 2.35. The number of benzene rings is 2. The molecule has 0 atom stereocenters. The van der Waals surface area contributed by atoms with Gasteiger partial charge < -0.3 is 24.8 Å². The first kappa shape index (κ1) is 19.8. The van der Waals surface area contributed by atoms with E-state index >= 15 is 0 Å². The molecule has 5 nitrogen and oxygen atoms in total. The predicted molar refractivity (Wildman–Crippen MR) is 109 cm³/mol. The van der Waals surface area contributed by atoms with Crippen LogP contribution in [0.2, 0.25) is 0 Å². The maximum absolute atomic E-state index is 5.33. The van der Waals surface area contributed by atoms with Gasteiger partial charge in [0, 0.05) is 13.1 Å². The normalized spacial score (nSPS) is 10.1. The zero-order valence-electron chi connectivity index (χ0n) is 15.5. The third-order valence-corrected chi connectivity index (χ3v) is 4.29. The maximum Gasteiger partial charge on any atom is 0.166 e. The van der Waals surface area contributed by atoms with E-state index in [1.807, 2.05) is 30.3 Å². The molecule has 26 heavy (non-hydrogen) atoms. The Balaban J connectivity index is 1.68. The summed E-state index contributed by atoms with van der Waals surface area (Å²) in [6.45, 7) is 1.54. The molecule has 0 unspecified atom stereocenters. The van der Waals surface area contributed by atoms with E-state index in [0.717, 1.165) is 48.7 Å². The molecule has 0 fully saturated rings. The summed E-state index contributed by atoms with van der Waals surface area (Å²) in [5, 5.41) is 7.13. The molecule has 140 valence electrons. The number of thiocarbonyl (C=S) groups is 1. The predicted octanol–water partition coefficient (Wildman–Crippen LogP) is 2.96. The molecule has 0 heterocycles. The van der Waals surface area contributed by atoms with Crippen LogP contribution in [0, 0.1) is 0 Å². The molecule has 0 amide bonds. The van der Waals surface area contributed by atoms with Crippen molar-refractivity contribution in [1.82, 2.24) is 10.6 Å². The number of rotatable bonds is 9. The van der Waals surface area contributed by atoms with E-state index in [1.54, 1.807) is 21.3 Å². The lowest BCUT2D eigenvalue weighted by molar-refractivity contribution is 0.354. The molecule has 0 saturated carbocycles. The smallest absolute Gasteiger partial charge is 0.166 e. The van der Waals surface area contributed by atoms with Gasteiger partial charge >= 0.3 is 0 Å². The Morgan fingerprint density at radius 2 is 1.35 bits per heavy atom. The van der Waals surface area contributed by atoms with Crippen molar-refractivity contribution in [2.45, 2.75) is 12.8 Å². The second-order valence-electron chi connectivity index (χ2n) is 5.72. The number of hydrogen-bond donors (Lipinski definition) is 2. The van der Waals surface area contributed by atoms with Crippen LogP contribution in [0.3, 0.4) is 0 Å². The fraction of sp³-hybridized carbons (Fsp3) is 0.350. The molecule has 2 rings (SSSR count). The van der Waals surface area contributed by atoms with Crippen molar-refractivity contribution in [3.63, 3.8) is 0 Å². The Morgan fingerprint density at radius 3 is 1.92 bits per heavy atom. The Labute approximate surface area is 160 Å². The minimum absolute atomic E-state index is 0.666. The van der Waals surface area contributed by atoms with Crippen LogP contribution in [0.15, 0.2) is 42.5 Å². The second-order valence-corrected chi connectivity index (χ2v) is 6.13. The van der Waals surface area contributed by atoms with E-state index < -0.39 is 0 Å². The number of ether oxygens (including phenoxy) is 3. The third kappa shape index (κ3) is 6.11. The van der Waals surface area contributed by atoms with E-state index in [1.165, 1.54) is 5.56 Å². The summed E-state index contributed by atoms with van der Waals surface area (Å²) in [4.78, 5) is 0. The van der Waals surface area contributed by atoms with Gasteiger partial charge in [0.1, 0.15) is 5.75 Å². The van der Waals surface area contributed by atoms with Gasteiger partial charge in [0.2, 0.25) is 0 Å². The highest BCUT2D eigenvalue weighted by molar-refractivity contribution is 7.80. The summed E-state index contributed by atoms with van der Waals surface area (Å²) in [7, 11) is 4.94. The van der Waals surface area contributed by atoms with E-state index in [0.29, 0.717) is 5.11 Å². The number of methoxy groups -OCH3 is 3.